The zero-order valence-corrected chi connectivity index (χ0v) is 18.9. The smallest absolute Gasteiger partial charge is 0.331 e. The van der Waals surface area contributed by atoms with Gasteiger partial charge in [0.05, 0.1) is 10.9 Å². The van der Waals surface area contributed by atoms with Crippen LogP contribution in [-0.2, 0) is 22.7 Å². The molecule has 8 heteroatoms. The van der Waals surface area contributed by atoms with Crippen molar-refractivity contribution in [3.63, 3.8) is 0 Å². The summed E-state index contributed by atoms with van der Waals surface area (Å²) in [6.07, 6.45) is 2.37. The van der Waals surface area contributed by atoms with Gasteiger partial charge in [0.25, 0.3) is 5.56 Å². The summed E-state index contributed by atoms with van der Waals surface area (Å²) < 4.78 is 2.51. The second kappa shape index (κ2) is 11.5. The van der Waals surface area contributed by atoms with E-state index in [-0.39, 0.29) is 36.5 Å². The Morgan fingerprint density at radius 1 is 0.968 bits per heavy atom. The van der Waals surface area contributed by atoms with E-state index in [0.29, 0.717) is 42.6 Å². The van der Waals surface area contributed by atoms with Crippen LogP contribution in [0.4, 0.5) is 0 Å². The standard InChI is InChI=1S/C23H34N4O4/c1-16(2)12-13-24-20(28)11-7-8-14-26-22(30)18-9-5-6-10-19(18)27(23(26)31)15-21(29)25-17(3)4/h5-6,9-10,16-17H,7-8,11-15H2,1-4H3,(H,24,28)(H,25,29). The van der Waals surface area contributed by atoms with E-state index in [9.17, 15) is 19.2 Å². The van der Waals surface area contributed by atoms with E-state index in [2.05, 4.69) is 24.5 Å². The number of fused-ring (bicyclic) bond motifs is 1. The second-order valence-electron chi connectivity index (χ2n) is 8.55. The Labute approximate surface area is 182 Å². The zero-order valence-electron chi connectivity index (χ0n) is 18.9. The van der Waals surface area contributed by atoms with Crippen molar-refractivity contribution < 1.29 is 9.59 Å². The molecule has 2 aromatic rings. The molecule has 2 N–H and O–H groups in total. The number of aromatic nitrogens is 2. The SMILES string of the molecule is CC(C)CCNC(=O)CCCCn1c(=O)c2ccccc2n(CC(=O)NC(C)C)c1=O. The van der Waals surface area contributed by atoms with Crippen molar-refractivity contribution in [3.05, 3.63) is 45.1 Å². The summed E-state index contributed by atoms with van der Waals surface area (Å²) in [6.45, 7) is 8.60. The van der Waals surface area contributed by atoms with Crippen LogP contribution in [0.15, 0.2) is 33.9 Å². The van der Waals surface area contributed by atoms with E-state index in [1.165, 1.54) is 9.13 Å². The van der Waals surface area contributed by atoms with Crippen LogP contribution in [0.3, 0.4) is 0 Å². The number of carbonyl (C=O) groups excluding carboxylic acids is 2. The topological polar surface area (TPSA) is 102 Å². The van der Waals surface area contributed by atoms with Crippen molar-refractivity contribution >= 4 is 22.7 Å². The van der Waals surface area contributed by atoms with E-state index in [4.69, 9.17) is 0 Å². The minimum absolute atomic E-state index is 0.0192. The Morgan fingerprint density at radius 3 is 2.35 bits per heavy atom. The first-order chi connectivity index (χ1) is 14.7. The predicted molar refractivity (Wildman–Crippen MR) is 122 cm³/mol. The van der Waals surface area contributed by atoms with Gasteiger partial charge >= 0.3 is 5.69 Å². The van der Waals surface area contributed by atoms with Gasteiger partial charge in [-0.05, 0) is 51.2 Å². The van der Waals surface area contributed by atoms with Crippen molar-refractivity contribution in [2.24, 2.45) is 5.92 Å². The van der Waals surface area contributed by atoms with Gasteiger partial charge in [-0.25, -0.2) is 4.79 Å². The molecular formula is C23H34N4O4. The summed E-state index contributed by atoms with van der Waals surface area (Å²) in [4.78, 5) is 50.1. The highest BCUT2D eigenvalue weighted by molar-refractivity contribution is 5.81. The Hall–Kier alpha value is -2.90. The fraction of sp³-hybridized carbons (Fsp3) is 0.565. The fourth-order valence-corrected chi connectivity index (χ4v) is 3.38. The minimum atomic E-state index is -0.510. The monoisotopic (exact) mass is 430 g/mol. The van der Waals surface area contributed by atoms with E-state index >= 15 is 0 Å². The highest BCUT2D eigenvalue weighted by Gasteiger charge is 2.15. The van der Waals surface area contributed by atoms with E-state index in [1.54, 1.807) is 24.3 Å². The van der Waals surface area contributed by atoms with Crippen LogP contribution in [0.25, 0.3) is 10.9 Å². The third kappa shape index (κ3) is 7.08. The molecule has 0 atom stereocenters. The van der Waals surface area contributed by atoms with Gasteiger partial charge in [-0.15, -0.1) is 0 Å². The highest BCUT2D eigenvalue weighted by atomic mass is 16.2. The highest BCUT2D eigenvalue weighted by Crippen LogP contribution is 2.08. The molecule has 0 fully saturated rings. The molecule has 31 heavy (non-hydrogen) atoms. The molecular weight excluding hydrogens is 396 g/mol. The van der Waals surface area contributed by atoms with Crippen molar-refractivity contribution in [3.8, 4) is 0 Å². The number of nitrogens with one attached hydrogen (secondary N) is 2. The molecule has 0 aliphatic rings. The average molecular weight is 431 g/mol. The number of rotatable bonds is 11. The molecule has 1 heterocycles. The Balaban J connectivity index is 2.13. The lowest BCUT2D eigenvalue weighted by Gasteiger charge is -2.15. The molecule has 1 aromatic carbocycles. The van der Waals surface area contributed by atoms with Crippen LogP contribution >= 0.6 is 0 Å². The molecule has 0 radical (unpaired) electrons. The molecule has 0 bridgehead atoms. The summed E-state index contributed by atoms with van der Waals surface area (Å²) in [5, 5.41) is 6.06. The first-order valence-electron chi connectivity index (χ1n) is 11.0. The minimum Gasteiger partial charge on any atom is -0.356 e. The van der Waals surface area contributed by atoms with Gasteiger partial charge in [0.2, 0.25) is 11.8 Å². The van der Waals surface area contributed by atoms with Gasteiger partial charge < -0.3 is 10.6 Å². The summed E-state index contributed by atoms with van der Waals surface area (Å²) in [5.41, 5.74) is -0.441. The van der Waals surface area contributed by atoms with Gasteiger partial charge in [-0.3, -0.25) is 23.5 Å². The molecule has 170 valence electrons. The summed E-state index contributed by atoms with van der Waals surface area (Å²) in [5.74, 6) is 0.227. The molecule has 0 saturated carbocycles. The van der Waals surface area contributed by atoms with Crippen molar-refractivity contribution in [1.29, 1.82) is 0 Å². The fourth-order valence-electron chi connectivity index (χ4n) is 3.38. The number of nitrogens with zero attached hydrogens (tertiary/aromatic N) is 2. The maximum atomic E-state index is 13.0. The molecule has 0 aliphatic heterocycles. The number of benzene rings is 1. The zero-order chi connectivity index (χ0) is 23.0. The van der Waals surface area contributed by atoms with Crippen molar-refractivity contribution in [1.82, 2.24) is 19.8 Å². The third-order valence-electron chi connectivity index (χ3n) is 4.96. The van der Waals surface area contributed by atoms with E-state index in [1.807, 2.05) is 13.8 Å². The number of carbonyl (C=O) groups is 2. The first kappa shape index (κ1) is 24.4. The van der Waals surface area contributed by atoms with Gasteiger partial charge in [0.1, 0.15) is 6.54 Å². The van der Waals surface area contributed by atoms with Gasteiger partial charge in [0, 0.05) is 25.6 Å². The maximum absolute atomic E-state index is 13.0. The maximum Gasteiger partial charge on any atom is 0.331 e. The molecule has 0 unspecified atom stereocenters. The lowest BCUT2D eigenvalue weighted by molar-refractivity contribution is -0.122. The molecule has 2 rings (SSSR count). The molecule has 0 aliphatic carbocycles. The van der Waals surface area contributed by atoms with E-state index < -0.39 is 5.69 Å². The van der Waals surface area contributed by atoms with Crippen LogP contribution in [-0.4, -0.2) is 33.5 Å². The Morgan fingerprint density at radius 2 is 1.68 bits per heavy atom. The summed E-state index contributed by atoms with van der Waals surface area (Å²) >= 11 is 0. The molecule has 1 aromatic heterocycles. The number of hydrogen-bond donors (Lipinski definition) is 2. The molecule has 0 spiro atoms. The normalized spacial score (nSPS) is 11.3. The summed E-state index contributed by atoms with van der Waals surface area (Å²) in [6, 6.07) is 6.75. The van der Waals surface area contributed by atoms with Crippen LogP contribution in [0.2, 0.25) is 0 Å². The number of hydrogen-bond acceptors (Lipinski definition) is 4. The van der Waals surface area contributed by atoms with Crippen LogP contribution in [0, 0.1) is 5.92 Å². The van der Waals surface area contributed by atoms with Crippen LogP contribution in [0.1, 0.15) is 53.4 Å². The van der Waals surface area contributed by atoms with Crippen LogP contribution < -0.4 is 21.9 Å². The van der Waals surface area contributed by atoms with E-state index in [0.717, 1.165) is 6.42 Å². The van der Waals surface area contributed by atoms with Gasteiger partial charge in [-0.1, -0.05) is 26.0 Å². The number of para-hydroxylation sites is 1. The lowest BCUT2D eigenvalue weighted by Crippen LogP contribution is -2.43. The van der Waals surface area contributed by atoms with Gasteiger partial charge in [0.15, 0.2) is 0 Å². The van der Waals surface area contributed by atoms with Crippen molar-refractivity contribution in [2.45, 2.75) is 72.5 Å². The predicted octanol–water partition coefficient (Wildman–Crippen LogP) is 2.02. The first-order valence-corrected chi connectivity index (χ1v) is 11.0. The third-order valence-corrected chi connectivity index (χ3v) is 4.96. The number of unbranched alkanes of at least 4 members (excludes halogenated alkanes) is 1. The average Bonchev–Trinajstić information content (AvgIpc) is 2.69. The molecule has 2 amide bonds. The molecule has 8 nitrogen and oxygen atoms in total. The molecule has 0 saturated heterocycles. The largest absolute Gasteiger partial charge is 0.356 e. The number of amides is 2. The second-order valence-corrected chi connectivity index (χ2v) is 8.55. The Kier molecular flexibility index (Phi) is 9.03. The summed E-state index contributed by atoms with van der Waals surface area (Å²) in [7, 11) is 0. The Bertz CT molecular complexity index is 1020. The van der Waals surface area contributed by atoms with Gasteiger partial charge in [-0.2, -0.15) is 0 Å². The van der Waals surface area contributed by atoms with Crippen LogP contribution in [0.5, 0.6) is 0 Å². The quantitative estimate of drug-likeness (QED) is 0.533. The lowest BCUT2D eigenvalue weighted by atomic mass is 10.1. The van der Waals surface area contributed by atoms with Crippen molar-refractivity contribution in [2.75, 3.05) is 6.54 Å².